The lowest BCUT2D eigenvalue weighted by Gasteiger charge is -2.02. The Hall–Kier alpha value is -2.34. The second-order valence-electron chi connectivity index (χ2n) is 4.28. The summed E-state index contributed by atoms with van der Waals surface area (Å²) in [6.07, 6.45) is 3.27. The van der Waals surface area contributed by atoms with Gasteiger partial charge in [-0.15, -0.1) is 0 Å². The van der Waals surface area contributed by atoms with Gasteiger partial charge < -0.3 is 0 Å². The second-order valence-corrected chi connectivity index (χ2v) is 5.13. The molecule has 4 nitrogen and oxygen atoms in total. The van der Waals surface area contributed by atoms with Crippen LogP contribution in [0.5, 0.6) is 0 Å². The monoisotopic (exact) mass is 344 g/mol. The first kappa shape index (κ1) is 13.6. The van der Waals surface area contributed by atoms with Gasteiger partial charge in [-0.25, -0.2) is 14.4 Å². The zero-order valence-corrected chi connectivity index (χ0v) is 12.4. The quantitative estimate of drug-likeness (QED) is 0.577. The normalized spacial score (nSPS) is 11.1. The Kier molecular flexibility index (Phi) is 3.87. The molecule has 2 aromatic heterocycles. The minimum atomic E-state index is -0.297. The molecule has 0 aliphatic carbocycles. The number of hydrogen-bond donors (Lipinski definition) is 1. The van der Waals surface area contributed by atoms with Crippen molar-refractivity contribution in [2.45, 2.75) is 0 Å². The van der Waals surface area contributed by atoms with E-state index in [2.05, 4.69) is 36.4 Å². The summed E-state index contributed by atoms with van der Waals surface area (Å²) in [5, 5.41) is 4.81. The average molecular weight is 345 g/mol. The van der Waals surface area contributed by atoms with Crippen molar-refractivity contribution in [3.05, 3.63) is 64.6 Å². The van der Waals surface area contributed by atoms with E-state index in [-0.39, 0.29) is 5.82 Å². The molecule has 21 heavy (non-hydrogen) atoms. The van der Waals surface area contributed by atoms with E-state index >= 15 is 0 Å². The Balaban J connectivity index is 1.84. The van der Waals surface area contributed by atoms with E-state index < -0.39 is 0 Å². The van der Waals surface area contributed by atoms with Crippen molar-refractivity contribution in [2.24, 2.45) is 5.10 Å². The minimum Gasteiger partial charge on any atom is -0.261 e. The molecule has 1 N–H and O–H groups in total. The van der Waals surface area contributed by atoms with Gasteiger partial charge in [0.05, 0.1) is 17.4 Å². The van der Waals surface area contributed by atoms with E-state index in [1.807, 2.05) is 18.2 Å². The Morgan fingerprint density at radius 2 is 2.10 bits per heavy atom. The first-order valence-corrected chi connectivity index (χ1v) is 6.97. The number of fused-ring (bicyclic) bond motifs is 1. The lowest BCUT2D eigenvalue weighted by atomic mass is 10.2. The highest BCUT2D eigenvalue weighted by Crippen LogP contribution is 2.23. The van der Waals surface area contributed by atoms with Gasteiger partial charge in [0.2, 0.25) is 0 Å². The zero-order valence-electron chi connectivity index (χ0n) is 10.8. The third-order valence-electron chi connectivity index (χ3n) is 2.77. The number of pyridine rings is 2. The van der Waals surface area contributed by atoms with Crippen molar-refractivity contribution in [3.8, 4) is 0 Å². The maximum Gasteiger partial charge on any atom is 0.146 e. The molecular weight excluding hydrogens is 335 g/mol. The van der Waals surface area contributed by atoms with Gasteiger partial charge in [-0.3, -0.25) is 5.43 Å². The summed E-state index contributed by atoms with van der Waals surface area (Å²) in [6, 6.07) is 11.9. The fourth-order valence-corrected chi connectivity index (χ4v) is 2.37. The molecule has 0 saturated carbocycles. The number of nitrogens with one attached hydrogen (secondary N) is 1. The maximum atomic E-state index is 13.3. The summed E-state index contributed by atoms with van der Waals surface area (Å²) in [4.78, 5) is 8.51. The fourth-order valence-electron chi connectivity index (χ4n) is 1.84. The van der Waals surface area contributed by atoms with Crippen molar-refractivity contribution in [1.29, 1.82) is 0 Å². The summed E-state index contributed by atoms with van der Waals surface area (Å²) in [5.41, 5.74) is 4.17. The van der Waals surface area contributed by atoms with E-state index in [9.17, 15) is 4.39 Å². The van der Waals surface area contributed by atoms with Crippen LogP contribution in [-0.2, 0) is 0 Å². The molecule has 0 aliphatic heterocycles. The topological polar surface area (TPSA) is 50.2 Å². The Morgan fingerprint density at radius 1 is 1.19 bits per heavy atom. The summed E-state index contributed by atoms with van der Waals surface area (Å²) >= 11 is 3.31. The molecule has 0 bridgehead atoms. The highest BCUT2D eigenvalue weighted by molar-refractivity contribution is 9.10. The zero-order chi connectivity index (χ0) is 14.7. The summed E-state index contributed by atoms with van der Waals surface area (Å²) in [6.45, 7) is 0. The molecule has 0 atom stereocenters. The molecule has 0 saturated heterocycles. The molecule has 0 unspecified atom stereocenters. The van der Waals surface area contributed by atoms with Crippen LogP contribution in [0.3, 0.4) is 0 Å². The van der Waals surface area contributed by atoms with Gasteiger partial charge in [-0.05, 0) is 46.3 Å². The van der Waals surface area contributed by atoms with Crippen LogP contribution in [0.2, 0.25) is 0 Å². The van der Waals surface area contributed by atoms with Gasteiger partial charge >= 0.3 is 0 Å². The molecule has 6 heteroatoms. The standard InChI is InChI=1S/C15H10BrFN4/c16-13-8-11(17)7-10-4-5-12(20-15(10)13)9-19-21-14-3-1-2-6-18-14/h1-9H,(H,18,21). The largest absolute Gasteiger partial charge is 0.261 e. The average Bonchev–Trinajstić information content (AvgIpc) is 2.49. The predicted molar refractivity (Wildman–Crippen MR) is 84.9 cm³/mol. The van der Waals surface area contributed by atoms with Gasteiger partial charge in [0.25, 0.3) is 0 Å². The number of rotatable bonds is 3. The van der Waals surface area contributed by atoms with Gasteiger partial charge in [0.1, 0.15) is 11.6 Å². The highest BCUT2D eigenvalue weighted by Gasteiger charge is 2.04. The van der Waals surface area contributed by atoms with Gasteiger partial charge in [0.15, 0.2) is 0 Å². The second kappa shape index (κ2) is 5.97. The first-order valence-electron chi connectivity index (χ1n) is 6.18. The molecule has 1 aromatic carbocycles. The Bertz CT molecular complexity index is 805. The van der Waals surface area contributed by atoms with Crippen LogP contribution in [0, 0.1) is 5.82 Å². The van der Waals surface area contributed by atoms with E-state index in [0.29, 0.717) is 21.5 Å². The molecule has 104 valence electrons. The molecule has 3 rings (SSSR count). The third-order valence-corrected chi connectivity index (χ3v) is 3.38. The van der Waals surface area contributed by atoms with Crippen LogP contribution in [-0.4, -0.2) is 16.2 Å². The maximum absolute atomic E-state index is 13.3. The number of hydrogen-bond acceptors (Lipinski definition) is 4. The van der Waals surface area contributed by atoms with Gasteiger partial charge in [-0.1, -0.05) is 12.1 Å². The summed E-state index contributed by atoms with van der Waals surface area (Å²) in [7, 11) is 0. The van der Waals surface area contributed by atoms with Crippen LogP contribution in [0.4, 0.5) is 10.2 Å². The van der Waals surface area contributed by atoms with Gasteiger partial charge in [0, 0.05) is 16.1 Å². The van der Waals surface area contributed by atoms with Gasteiger partial charge in [-0.2, -0.15) is 5.10 Å². The van der Waals surface area contributed by atoms with E-state index in [1.54, 1.807) is 24.5 Å². The molecule has 0 radical (unpaired) electrons. The highest BCUT2D eigenvalue weighted by atomic mass is 79.9. The summed E-state index contributed by atoms with van der Waals surface area (Å²) < 4.78 is 13.9. The molecule has 3 aromatic rings. The lowest BCUT2D eigenvalue weighted by Crippen LogP contribution is -1.95. The SMILES string of the molecule is Fc1cc(Br)c2nc(C=NNc3ccccn3)ccc2c1. The molecular formula is C15H10BrFN4. The van der Waals surface area contributed by atoms with Crippen molar-refractivity contribution in [1.82, 2.24) is 9.97 Å². The van der Waals surface area contributed by atoms with E-state index in [0.717, 1.165) is 5.39 Å². The number of halogens is 2. The lowest BCUT2D eigenvalue weighted by molar-refractivity contribution is 0.629. The Labute approximate surface area is 128 Å². The molecule has 0 amide bonds. The number of hydrazone groups is 1. The van der Waals surface area contributed by atoms with Crippen molar-refractivity contribution < 1.29 is 4.39 Å². The van der Waals surface area contributed by atoms with Crippen LogP contribution >= 0.6 is 15.9 Å². The van der Waals surface area contributed by atoms with Crippen molar-refractivity contribution >= 4 is 38.9 Å². The summed E-state index contributed by atoms with van der Waals surface area (Å²) in [5.74, 6) is 0.354. The van der Waals surface area contributed by atoms with Crippen LogP contribution in [0.25, 0.3) is 10.9 Å². The van der Waals surface area contributed by atoms with E-state index in [1.165, 1.54) is 12.1 Å². The third kappa shape index (κ3) is 3.22. The molecule has 2 heterocycles. The number of aromatic nitrogens is 2. The Morgan fingerprint density at radius 3 is 2.90 bits per heavy atom. The number of benzene rings is 1. The van der Waals surface area contributed by atoms with Crippen LogP contribution in [0.1, 0.15) is 5.69 Å². The number of nitrogens with zero attached hydrogens (tertiary/aromatic N) is 3. The molecule has 0 aliphatic rings. The minimum absolute atomic E-state index is 0.297. The predicted octanol–water partition coefficient (Wildman–Crippen LogP) is 3.98. The first-order chi connectivity index (χ1) is 10.2. The van der Waals surface area contributed by atoms with Crippen LogP contribution < -0.4 is 5.43 Å². The fraction of sp³-hybridized carbons (Fsp3) is 0. The van der Waals surface area contributed by atoms with E-state index in [4.69, 9.17) is 0 Å². The number of anilines is 1. The van der Waals surface area contributed by atoms with Crippen molar-refractivity contribution in [3.63, 3.8) is 0 Å². The smallest absolute Gasteiger partial charge is 0.146 e. The molecule has 0 spiro atoms. The van der Waals surface area contributed by atoms with Crippen molar-refractivity contribution in [2.75, 3.05) is 5.43 Å². The molecule has 0 fully saturated rings. The van der Waals surface area contributed by atoms with Crippen LogP contribution in [0.15, 0.2) is 58.2 Å².